The molecule has 5 heteroatoms. The highest BCUT2D eigenvalue weighted by atomic mass is 16.2. The van der Waals surface area contributed by atoms with Crippen molar-refractivity contribution in [2.75, 3.05) is 11.1 Å². The van der Waals surface area contributed by atoms with Gasteiger partial charge in [-0.05, 0) is 11.8 Å². The predicted molar refractivity (Wildman–Crippen MR) is 58.1 cm³/mol. The second-order valence-electron chi connectivity index (χ2n) is 4.81. The molecular formula is C10H16N4O. The quantitative estimate of drug-likeness (QED) is 0.761. The number of nitrogens with two attached hydrogens (primary N) is 1. The topological polar surface area (TPSA) is 72.9 Å². The summed E-state index contributed by atoms with van der Waals surface area (Å²) in [7, 11) is 1.75. The molecule has 0 bridgehead atoms. The van der Waals surface area contributed by atoms with Crippen LogP contribution in [0.15, 0.2) is 6.20 Å². The fraction of sp³-hybridized carbons (Fsp3) is 0.600. The van der Waals surface area contributed by atoms with E-state index in [0.717, 1.165) is 6.42 Å². The Morgan fingerprint density at radius 3 is 2.73 bits per heavy atom. The molecule has 1 aliphatic carbocycles. The van der Waals surface area contributed by atoms with Gasteiger partial charge in [-0.25, -0.2) is 0 Å². The van der Waals surface area contributed by atoms with Gasteiger partial charge in [0, 0.05) is 13.0 Å². The summed E-state index contributed by atoms with van der Waals surface area (Å²) in [5.41, 5.74) is 6.32. The van der Waals surface area contributed by atoms with Crippen molar-refractivity contribution < 1.29 is 4.79 Å². The van der Waals surface area contributed by atoms with Crippen molar-refractivity contribution in [3.63, 3.8) is 0 Å². The van der Waals surface area contributed by atoms with Gasteiger partial charge in [-0.2, -0.15) is 5.10 Å². The summed E-state index contributed by atoms with van der Waals surface area (Å²) in [5.74, 6) is 0.727. The highest BCUT2D eigenvalue weighted by molar-refractivity contribution is 5.96. The summed E-state index contributed by atoms with van der Waals surface area (Å²) in [6.07, 6.45) is 2.48. The molecule has 1 atom stereocenters. The number of carbonyl (C=O) groups is 1. The number of hydrogen-bond acceptors (Lipinski definition) is 3. The van der Waals surface area contributed by atoms with Crippen molar-refractivity contribution in [1.82, 2.24) is 9.78 Å². The third kappa shape index (κ3) is 1.69. The summed E-state index contributed by atoms with van der Waals surface area (Å²) >= 11 is 0. The van der Waals surface area contributed by atoms with Crippen LogP contribution in [0.3, 0.4) is 0 Å². The van der Waals surface area contributed by atoms with Crippen molar-refractivity contribution in [2.45, 2.75) is 20.3 Å². The minimum Gasteiger partial charge on any atom is -0.394 e. The maximum absolute atomic E-state index is 11.8. The van der Waals surface area contributed by atoms with Gasteiger partial charge in [0.05, 0.1) is 11.9 Å². The highest BCUT2D eigenvalue weighted by Gasteiger charge is 2.50. The number of nitrogen functional groups attached to an aromatic ring is 1. The molecule has 3 N–H and O–H groups in total. The minimum absolute atomic E-state index is 0.0373. The first-order chi connectivity index (χ1) is 6.92. The second-order valence-corrected chi connectivity index (χ2v) is 4.81. The van der Waals surface area contributed by atoms with E-state index in [1.165, 1.54) is 6.20 Å². The van der Waals surface area contributed by atoms with Gasteiger partial charge in [0.15, 0.2) is 5.82 Å². The lowest BCUT2D eigenvalue weighted by Gasteiger charge is -2.07. The largest absolute Gasteiger partial charge is 0.394 e. The van der Waals surface area contributed by atoms with E-state index in [-0.39, 0.29) is 17.2 Å². The second kappa shape index (κ2) is 2.98. The summed E-state index contributed by atoms with van der Waals surface area (Å²) in [4.78, 5) is 11.8. The van der Waals surface area contributed by atoms with E-state index in [2.05, 4.69) is 24.3 Å². The standard InChI is InChI=1S/C10H16N4O/c1-10(2)4-6(10)9(15)13-8-7(11)5-12-14(8)3/h5-6H,4,11H2,1-3H3,(H,13,15). The maximum atomic E-state index is 11.8. The van der Waals surface area contributed by atoms with E-state index in [1.54, 1.807) is 11.7 Å². The van der Waals surface area contributed by atoms with Gasteiger partial charge in [0.25, 0.3) is 0 Å². The molecule has 1 amide bonds. The minimum atomic E-state index is 0.0373. The van der Waals surface area contributed by atoms with E-state index in [9.17, 15) is 4.79 Å². The Hall–Kier alpha value is -1.52. The first-order valence-corrected chi connectivity index (χ1v) is 5.00. The molecule has 0 aromatic carbocycles. The number of hydrogen-bond donors (Lipinski definition) is 2. The molecule has 1 unspecified atom stereocenters. The fourth-order valence-corrected chi connectivity index (χ4v) is 1.73. The molecule has 0 spiro atoms. The van der Waals surface area contributed by atoms with Gasteiger partial charge in [-0.1, -0.05) is 13.8 Å². The molecule has 1 saturated carbocycles. The molecule has 2 rings (SSSR count). The van der Waals surface area contributed by atoms with E-state index in [0.29, 0.717) is 11.5 Å². The van der Waals surface area contributed by atoms with Crippen LogP contribution in [0.4, 0.5) is 11.5 Å². The Morgan fingerprint density at radius 2 is 2.33 bits per heavy atom. The van der Waals surface area contributed by atoms with Crippen LogP contribution in [0.2, 0.25) is 0 Å². The van der Waals surface area contributed by atoms with Crippen molar-refractivity contribution in [1.29, 1.82) is 0 Å². The number of nitrogens with one attached hydrogen (secondary N) is 1. The van der Waals surface area contributed by atoms with Crippen LogP contribution in [-0.4, -0.2) is 15.7 Å². The zero-order valence-corrected chi connectivity index (χ0v) is 9.24. The number of amides is 1. The summed E-state index contributed by atoms with van der Waals surface area (Å²) in [5, 5.41) is 6.77. The smallest absolute Gasteiger partial charge is 0.229 e. The highest BCUT2D eigenvalue weighted by Crippen LogP contribution is 2.52. The zero-order valence-electron chi connectivity index (χ0n) is 9.24. The molecule has 0 radical (unpaired) electrons. The molecule has 1 aromatic rings. The van der Waals surface area contributed by atoms with Crippen molar-refractivity contribution >= 4 is 17.4 Å². The van der Waals surface area contributed by atoms with Gasteiger partial charge >= 0.3 is 0 Å². The molecular weight excluding hydrogens is 192 g/mol. The van der Waals surface area contributed by atoms with Crippen LogP contribution >= 0.6 is 0 Å². The molecule has 5 nitrogen and oxygen atoms in total. The predicted octanol–water partition coefficient (Wildman–Crippen LogP) is 0.987. The fourth-order valence-electron chi connectivity index (χ4n) is 1.73. The third-order valence-electron chi connectivity index (χ3n) is 3.04. The van der Waals surface area contributed by atoms with Crippen molar-refractivity contribution in [3.8, 4) is 0 Å². The molecule has 0 saturated heterocycles. The van der Waals surface area contributed by atoms with Crippen LogP contribution in [0.1, 0.15) is 20.3 Å². The first kappa shape index (κ1) is 10.0. The average molecular weight is 208 g/mol. The molecule has 1 aromatic heterocycles. The lowest BCUT2D eigenvalue weighted by molar-refractivity contribution is -0.118. The summed E-state index contributed by atoms with van der Waals surface area (Å²) in [6, 6.07) is 0. The van der Waals surface area contributed by atoms with Crippen LogP contribution in [0.5, 0.6) is 0 Å². The van der Waals surface area contributed by atoms with E-state index in [1.807, 2.05) is 0 Å². The van der Waals surface area contributed by atoms with Crippen LogP contribution < -0.4 is 11.1 Å². The van der Waals surface area contributed by atoms with E-state index < -0.39 is 0 Å². The summed E-state index contributed by atoms with van der Waals surface area (Å²) < 4.78 is 1.57. The number of rotatable bonds is 2. The van der Waals surface area contributed by atoms with Gasteiger partial charge in [-0.15, -0.1) is 0 Å². The number of aryl methyl sites for hydroxylation is 1. The van der Waals surface area contributed by atoms with Crippen molar-refractivity contribution in [2.24, 2.45) is 18.4 Å². The molecule has 82 valence electrons. The van der Waals surface area contributed by atoms with Gasteiger partial charge in [-0.3, -0.25) is 9.48 Å². The maximum Gasteiger partial charge on any atom is 0.229 e. The van der Waals surface area contributed by atoms with Crippen LogP contribution in [0, 0.1) is 11.3 Å². The average Bonchev–Trinajstić information content (AvgIpc) is 2.69. The lowest BCUT2D eigenvalue weighted by atomic mass is 10.1. The van der Waals surface area contributed by atoms with Crippen molar-refractivity contribution in [3.05, 3.63) is 6.20 Å². The Bertz CT molecular complexity index is 388. The molecule has 15 heavy (non-hydrogen) atoms. The zero-order chi connectivity index (χ0) is 11.2. The third-order valence-corrected chi connectivity index (χ3v) is 3.04. The van der Waals surface area contributed by atoms with Gasteiger partial charge in [0.2, 0.25) is 5.91 Å². The summed E-state index contributed by atoms with van der Waals surface area (Å²) in [6.45, 7) is 4.17. The van der Waals surface area contributed by atoms with Gasteiger partial charge in [0.1, 0.15) is 0 Å². The van der Waals surface area contributed by atoms with E-state index in [4.69, 9.17) is 5.73 Å². The Morgan fingerprint density at radius 1 is 1.73 bits per heavy atom. The molecule has 0 aliphatic heterocycles. The van der Waals surface area contributed by atoms with Crippen LogP contribution in [0.25, 0.3) is 0 Å². The Balaban J connectivity index is 2.07. The Labute approximate surface area is 88.6 Å². The Kier molecular flexibility index (Phi) is 1.99. The normalized spacial score (nSPS) is 22.5. The molecule has 1 fully saturated rings. The number of aromatic nitrogens is 2. The SMILES string of the molecule is Cn1ncc(N)c1NC(=O)C1CC1(C)C. The van der Waals surface area contributed by atoms with E-state index >= 15 is 0 Å². The monoisotopic (exact) mass is 208 g/mol. The number of nitrogens with zero attached hydrogens (tertiary/aromatic N) is 2. The first-order valence-electron chi connectivity index (χ1n) is 5.00. The lowest BCUT2D eigenvalue weighted by Crippen LogP contribution is -2.19. The molecule has 1 aliphatic rings. The number of carbonyl (C=O) groups excluding carboxylic acids is 1. The van der Waals surface area contributed by atoms with Gasteiger partial charge < -0.3 is 11.1 Å². The van der Waals surface area contributed by atoms with Crippen LogP contribution in [-0.2, 0) is 11.8 Å². The molecule has 1 heterocycles. The number of anilines is 2.